The number of carbonyl (C=O) groups excluding carboxylic acids is 1. The molecule has 0 spiro atoms. The number of piperidine rings is 1. The maximum absolute atomic E-state index is 12.3. The molecule has 0 saturated carbocycles. The monoisotopic (exact) mass is 343 g/mol. The highest BCUT2D eigenvalue weighted by atomic mass is 79.9. The van der Waals surface area contributed by atoms with Crippen molar-refractivity contribution >= 4 is 27.8 Å². The molecular weight excluding hydrogens is 326 g/mol. The molecule has 0 aromatic carbocycles. The van der Waals surface area contributed by atoms with E-state index in [2.05, 4.69) is 26.2 Å². The average molecular weight is 344 g/mol. The fourth-order valence-electron chi connectivity index (χ4n) is 2.46. The Morgan fingerprint density at radius 2 is 2.35 bits per heavy atom. The third kappa shape index (κ3) is 4.08. The Morgan fingerprint density at radius 1 is 1.55 bits per heavy atom. The number of hydrogen-bond acceptors (Lipinski definition) is 3. The lowest BCUT2D eigenvalue weighted by molar-refractivity contribution is -0.136. The zero-order valence-corrected chi connectivity index (χ0v) is 12.6. The highest BCUT2D eigenvalue weighted by Gasteiger charge is 2.25. The largest absolute Gasteiger partial charge is 0.480 e. The number of H-pyrrole nitrogens is 1. The van der Waals surface area contributed by atoms with Gasteiger partial charge in [0, 0.05) is 30.3 Å². The fraction of sp³-hybridized carbons (Fsp3) is 0.538. The van der Waals surface area contributed by atoms with Gasteiger partial charge in [-0.05, 0) is 40.8 Å². The standard InChI is InChI=1S/C13H18BrN3O3/c14-10-4-11(16-6-10)13(20)17-3-1-2-9(8-17)5-15-7-12(18)19/h4,6,9,15-16H,1-3,5,7-8H2,(H,18,19). The molecule has 2 heterocycles. The molecule has 110 valence electrons. The molecule has 1 saturated heterocycles. The van der Waals surface area contributed by atoms with Gasteiger partial charge in [-0.15, -0.1) is 0 Å². The second kappa shape index (κ2) is 6.90. The molecule has 3 N–H and O–H groups in total. The molecule has 0 radical (unpaired) electrons. The van der Waals surface area contributed by atoms with Crippen LogP contribution in [-0.4, -0.2) is 53.0 Å². The summed E-state index contributed by atoms with van der Waals surface area (Å²) < 4.78 is 0.859. The van der Waals surface area contributed by atoms with Gasteiger partial charge in [-0.3, -0.25) is 9.59 Å². The normalized spacial score (nSPS) is 19.1. The molecule has 7 heteroatoms. The lowest BCUT2D eigenvalue weighted by atomic mass is 9.97. The molecule has 1 aliphatic heterocycles. The second-order valence-electron chi connectivity index (χ2n) is 5.02. The van der Waals surface area contributed by atoms with E-state index in [1.807, 2.05) is 4.90 Å². The predicted octanol–water partition coefficient (Wildman–Crippen LogP) is 1.30. The van der Waals surface area contributed by atoms with Crippen LogP contribution in [0.2, 0.25) is 0 Å². The SMILES string of the molecule is O=C(O)CNCC1CCCN(C(=O)c2cc(Br)c[nH]2)C1. The van der Waals surface area contributed by atoms with Gasteiger partial charge in [-0.25, -0.2) is 0 Å². The Labute approximate surface area is 125 Å². The summed E-state index contributed by atoms with van der Waals surface area (Å²) in [7, 11) is 0. The number of halogens is 1. The van der Waals surface area contributed by atoms with Gasteiger partial charge in [0.1, 0.15) is 5.69 Å². The van der Waals surface area contributed by atoms with Crippen molar-refractivity contribution in [1.29, 1.82) is 0 Å². The molecule has 1 unspecified atom stereocenters. The number of aromatic nitrogens is 1. The van der Waals surface area contributed by atoms with Crippen molar-refractivity contribution in [2.24, 2.45) is 5.92 Å². The van der Waals surface area contributed by atoms with E-state index in [0.29, 0.717) is 24.7 Å². The van der Waals surface area contributed by atoms with Crippen LogP contribution in [0.3, 0.4) is 0 Å². The van der Waals surface area contributed by atoms with E-state index in [4.69, 9.17) is 5.11 Å². The number of amides is 1. The number of hydrogen-bond donors (Lipinski definition) is 3. The van der Waals surface area contributed by atoms with Crippen LogP contribution < -0.4 is 5.32 Å². The summed E-state index contributed by atoms with van der Waals surface area (Å²) in [6, 6.07) is 1.77. The van der Waals surface area contributed by atoms with Gasteiger partial charge in [0.05, 0.1) is 6.54 Å². The van der Waals surface area contributed by atoms with Crippen molar-refractivity contribution in [3.63, 3.8) is 0 Å². The smallest absolute Gasteiger partial charge is 0.317 e. The number of aliphatic carboxylic acids is 1. The molecule has 1 aromatic heterocycles. The van der Waals surface area contributed by atoms with Gasteiger partial charge in [-0.1, -0.05) is 0 Å². The van der Waals surface area contributed by atoms with E-state index >= 15 is 0 Å². The van der Waals surface area contributed by atoms with Crippen LogP contribution in [0.25, 0.3) is 0 Å². The molecule has 0 bridgehead atoms. The Balaban J connectivity index is 1.86. The van der Waals surface area contributed by atoms with E-state index in [1.165, 1.54) is 0 Å². The molecule has 6 nitrogen and oxygen atoms in total. The highest BCUT2D eigenvalue weighted by Crippen LogP contribution is 2.19. The van der Waals surface area contributed by atoms with Crippen LogP contribution in [0, 0.1) is 5.92 Å². The quantitative estimate of drug-likeness (QED) is 0.752. The number of aromatic amines is 1. The van der Waals surface area contributed by atoms with Crippen molar-refractivity contribution in [2.75, 3.05) is 26.2 Å². The number of carboxylic acids is 1. The third-order valence-corrected chi connectivity index (χ3v) is 3.85. The van der Waals surface area contributed by atoms with Crippen LogP contribution in [0.1, 0.15) is 23.3 Å². The fourth-order valence-corrected chi connectivity index (χ4v) is 2.80. The van der Waals surface area contributed by atoms with Crippen molar-refractivity contribution in [3.05, 3.63) is 22.4 Å². The summed E-state index contributed by atoms with van der Waals surface area (Å²) in [4.78, 5) is 27.5. The number of rotatable bonds is 5. The summed E-state index contributed by atoms with van der Waals surface area (Å²) in [5.74, 6) is -0.547. The molecule has 20 heavy (non-hydrogen) atoms. The minimum atomic E-state index is -0.857. The van der Waals surface area contributed by atoms with Crippen LogP contribution in [0.15, 0.2) is 16.7 Å². The predicted molar refractivity (Wildman–Crippen MR) is 77.6 cm³/mol. The zero-order valence-electron chi connectivity index (χ0n) is 11.1. The van der Waals surface area contributed by atoms with Gasteiger partial charge < -0.3 is 20.3 Å². The molecule has 1 amide bonds. The van der Waals surface area contributed by atoms with E-state index in [1.54, 1.807) is 12.3 Å². The summed E-state index contributed by atoms with van der Waals surface area (Å²) in [6.45, 7) is 2.02. The van der Waals surface area contributed by atoms with Gasteiger partial charge in [0.2, 0.25) is 0 Å². The Bertz CT molecular complexity index is 489. The minimum Gasteiger partial charge on any atom is -0.480 e. The van der Waals surface area contributed by atoms with Crippen molar-refractivity contribution in [3.8, 4) is 0 Å². The summed E-state index contributed by atoms with van der Waals surface area (Å²) in [5.41, 5.74) is 0.580. The maximum Gasteiger partial charge on any atom is 0.317 e. The van der Waals surface area contributed by atoms with Crippen LogP contribution in [-0.2, 0) is 4.79 Å². The first-order valence-corrected chi connectivity index (χ1v) is 7.41. The van der Waals surface area contributed by atoms with Crippen molar-refractivity contribution in [2.45, 2.75) is 12.8 Å². The summed E-state index contributed by atoms with van der Waals surface area (Å²) in [5, 5.41) is 11.5. The van der Waals surface area contributed by atoms with E-state index in [9.17, 15) is 9.59 Å². The Hall–Kier alpha value is -1.34. The molecular formula is C13H18BrN3O3. The van der Waals surface area contributed by atoms with E-state index in [-0.39, 0.29) is 12.5 Å². The molecule has 1 atom stereocenters. The van der Waals surface area contributed by atoms with Gasteiger partial charge in [0.15, 0.2) is 0 Å². The number of nitrogens with zero attached hydrogens (tertiary/aromatic N) is 1. The first-order chi connectivity index (χ1) is 9.56. The number of likely N-dealkylation sites (tertiary alicyclic amines) is 1. The molecule has 1 fully saturated rings. The van der Waals surface area contributed by atoms with Crippen molar-refractivity contribution < 1.29 is 14.7 Å². The van der Waals surface area contributed by atoms with Gasteiger partial charge in [-0.2, -0.15) is 0 Å². The number of carboxylic acid groups (broad SMARTS) is 1. The lowest BCUT2D eigenvalue weighted by Crippen LogP contribution is -2.43. The highest BCUT2D eigenvalue weighted by molar-refractivity contribution is 9.10. The molecule has 0 aliphatic carbocycles. The number of nitrogens with one attached hydrogen (secondary N) is 2. The zero-order chi connectivity index (χ0) is 14.5. The summed E-state index contributed by atoms with van der Waals surface area (Å²) in [6.07, 6.45) is 3.71. The average Bonchev–Trinajstić information content (AvgIpc) is 2.84. The third-order valence-electron chi connectivity index (χ3n) is 3.39. The van der Waals surface area contributed by atoms with Gasteiger partial charge in [0.25, 0.3) is 5.91 Å². The van der Waals surface area contributed by atoms with Gasteiger partial charge >= 0.3 is 5.97 Å². The topological polar surface area (TPSA) is 85.4 Å². The van der Waals surface area contributed by atoms with E-state index < -0.39 is 5.97 Å². The lowest BCUT2D eigenvalue weighted by Gasteiger charge is -2.32. The Morgan fingerprint density at radius 3 is 3.00 bits per heavy atom. The molecule has 2 rings (SSSR count). The summed E-state index contributed by atoms with van der Waals surface area (Å²) >= 11 is 3.32. The Kier molecular flexibility index (Phi) is 5.19. The maximum atomic E-state index is 12.3. The van der Waals surface area contributed by atoms with Crippen LogP contribution in [0.5, 0.6) is 0 Å². The van der Waals surface area contributed by atoms with Crippen molar-refractivity contribution in [1.82, 2.24) is 15.2 Å². The first kappa shape index (κ1) is 15.1. The minimum absolute atomic E-state index is 0.00126. The van der Waals surface area contributed by atoms with Crippen LogP contribution in [0.4, 0.5) is 0 Å². The molecule has 1 aromatic rings. The molecule has 1 aliphatic rings. The number of carbonyl (C=O) groups is 2. The second-order valence-corrected chi connectivity index (χ2v) is 5.93. The van der Waals surface area contributed by atoms with E-state index in [0.717, 1.165) is 23.9 Å². The first-order valence-electron chi connectivity index (χ1n) is 6.62. The van der Waals surface area contributed by atoms with Crippen LogP contribution >= 0.6 is 15.9 Å².